The predicted molar refractivity (Wildman–Crippen MR) is 78.4 cm³/mol. The summed E-state index contributed by atoms with van der Waals surface area (Å²) >= 11 is 9.06. The molecule has 2 rings (SSSR count). The van der Waals surface area contributed by atoms with Gasteiger partial charge in [-0.05, 0) is 53.3 Å². The lowest BCUT2D eigenvalue weighted by molar-refractivity contribution is 0.468. The van der Waals surface area contributed by atoms with Crippen LogP contribution in [0.1, 0.15) is 5.56 Å². The highest BCUT2D eigenvalue weighted by atomic mass is 79.9. The van der Waals surface area contributed by atoms with E-state index >= 15 is 0 Å². The molecule has 0 aromatic heterocycles. The third-order valence-corrected chi connectivity index (χ3v) is 3.39. The number of benzene rings is 2. The maximum atomic E-state index is 13.4. The molecule has 2 aromatic carbocycles. The molecule has 0 atom stereocenters. The first-order valence-electron chi connectivity index (χ1n) is 5.66. The summed E-state index contributed by atoms with van der Waals surface area (Å²) < 4.78 is 19.5. The van der Waals surface area contributed by atoms with Crippen molar-refractivity contribution in [2.24, 2.45) is 0 Å². The van der Waals surface area contributed by atoms with Gasteiger partial charge < -0.3 is 10.1 Å². The molecule has 0 aliphatic carbocycles. The van der Waals surface area contributed by atoms with Crippen LogP contribution in [-0.2, 0) is 6.54 Å². The van der Waals surface area contributed by atoms with Gasteiger partial charge in [-0.3, -0.25) is 0 Å². The zero-order valence-electron chi connectivity index (χ0n) is 10.2. The zero-order chi connectivity index (χ0) is 13.8. The SMILES string of the molecule is CNCc1cc(Cl)ccc1Oc1ccc(Br)c(F)c1. The van der Waals surface area contributed by atoms with E-state index in [1.165, 1.54) is 6.07 Å². The molecule has 0 aliphatic heterocycles. The molecule has 0 bridgehead atoms. The summed E-state index contributed by atoms with van der Waals surface area (Å²) in [6, 6.07) is 9.98. The molecule has 0 fully saturated rings. The fraction of sp³-hybridized carbons (Fsp3) is 0.143. The average molecular weight is 345 g/mol. The second-order valence-electron chi connectivity index (χ2n) is 3.96. The van der Waals surface area contributed by atoms with Crippen molar-refractivity contribution in [2.45, 2.75) is 6.54 Å². The first kappa shape index (κ1) is 14.3. The van der Waals surface area contributed by atoms with Crippen molar-refractivity contribution in [3.8, 4) is 11.5 Å². The van der Waals surface area contributed by atoms with Crippen molar-refractivity contribution in [1.29, 1.82) is 0 Å². The van der Waals surface area contributed by atoms with E-state index in [0.29, 0.717) is 27.5 Å². The van der Waals surface area contributed by atoms with Crippen LogP contribution in [0.3, 0.4) is 0 Å². The number of ether oxygens (including phenoxy) is 1. The van der Waals surface area contributed by atoms with Gasteiger partial charge in [-0.25, -0.2) is 4.39 Å². The maximum absolute atomic E-state index is 13.4. The minimum Gasteiger partial charge on any atom is -0.457 e. The molecule has 0 radical (unpaired) electrons. The Bertz CT molecular complexity index is 592. The summed E-state index contributed by atoms with van der Waals surface area (Å²) in [5.74, 6) is 0.738. The lowest BCUT2D eigenvalue weighted by Gasteiger charge is -2.11. The Kier molecular flexibility index (Phi) is 4.80. The molecule has 0 spiro atoms. The van der Waals surface area contributed by atoms with Crippen molar-refractivity contribution < 1.29 is 9.13 Å². The number of nitrogens with one attached hydrogen (secondary N) is 1. The molecule has 0 saturated carbocycles. The molecular weight excluding hydrogens is 333 g/mol. The Balaban J connectivity index is 2.29. The number of hydrogen-bond acceptors (Lipinski definition) is 2. The van der Waals surface area contributed by atoms with Gasteiger partial charge in [-0.1, -0.05) is 11.6 Å². The van der Waals surface area contributed by atoms with Crippen LogP contribution in [-0.4, -0.2) is 7.05 Å². The highest BCUT2D eigenvalue weighted by Crippen LogP contribution is 2.29. The largest absolute Gasteiger partial charge is 0.457 e. The van der Waals surface area contributed by atoms with Crippen molar-refractivity contribution in [3.05, 3.63) is 57.3 Å². The normalized spacial score (nSPS) is 10.5. The zero-order valence-corrected chi connectivity index (χ0v) is 12.6. The van der Waals surface area contributed by atoms with Crippen molar-refractivity contribution in [2.75, 3.05) is 7.05 Å². The van der Waals surface area contributed by atoms with Gasteiger partial charge in [0.15, 0.2) is 0 Å². The van der Waals surface area contributed by atoms with Crippen LogP contribution in [0.15, 0.2) is 40.9 Å². The Hall–Kier alpha value is -1.10. The van der Waals surface area contributed by atoms with Crippen LogP contribution in [0.5, 0.6) is 11.5 Å². The van der Waals surface area contributed by atoms with E-state index < -0.39 is 0 Å². The molecule has 0 saturated heterocycles. The fourth-order valence-corrected chi connectivity index (χ4v) is 2.08. The van der Waals surface area contributed by atoms with Gasteiger partial charge in [-0.2, -0.15) is 0 Å². The Morgan fingerprint density at radius 2 is 2.05 bits per heavy atom. The van der Waals surface area contributed by atoms with Gasteiger partial charge in [0.05, 0.1) is 4.47 Å². The van der Waals surface area contributed by atoms with Gasteiger partial charge in [0.1, 0.15) is 17.3 Å². The standard InChI is InChI=1S/C14H12BrClFNO/c1-18-8-9-6-10(16)2-5-14(9)19-11-3-4-12(15)13(17)7-11/h2-7,18H,8H2,1H3. The molecular formula is C14H12BrClFNO. The molecule has 19 heavy (non-hydrogen) atoms. The fourth-order valence-electron chi connectivity index (χ4n) is 1.64. The number of halogens is 3. The molecule has 0 unspecified atom stereocenters. The predicted octanol–water partition coefficient (Wildman–Crippen LogP) is 4.75. The van der Waals surface area contributed by atoms with E-state index in [4.69, 9.17) is 16.3 Å². The van der Waals surface area contributed by atoms with E-state index in [-0.39, 0.29) is 5.82 Å². The van der Waals surface area contributed by atoms with Gasteiger partial charge in [0.25, 0.3) is 0 Å². The molecule has 0 heterocycles. The van der Waals surface area contributed by atoms with Crippen LogP contribution in [0.25, 0.3) is 0 Å². The lowest BCUT2D eigenvalue weighted by atomic mass is 10.2. The topological polar surface area (TPSA) is 21.3 Å². The van der Waals surface area contributed by atoms with Gasteiger partial charge in [0.2, 0.25) is 0 Å². The van der Waals surface area contributed by atoms with Gasteiger partial charge >= 0.3 is 0 Å². The molecule has 100 valence electrons. The molecule has 5 heteroatoms. The average Bonchev–Trinajstić information content (AvgIpc) is 2.37. The van der Waals surface area contributed by atoms with Crippen LogP contribution < -0.4 is 10.1 Å². The summed E-state index contributed by atoms with van der Waals surface area (Å²) in [6.07, 6.45) is 0. The number of rotatable bonds is 4. The van der Waals surface area contributed by atoms with E-state index in [1.807, 2.05) is 13.1 Å². The lowest BCUT2D eigenvalue weighted by Crippen LogP contribution is -2.06. The second kappa shape index (κ2) is 6.37. The van der Waals surface area contributed by atoms with Crippen LogP contribution >= 0.6 is 27.5 Å². The minimum atomic E-state index is -0.360. The third-order valence-electron chi connectivity index (χ3n) is 2.51. The smallest absolute Gasteiger partial charge is 0.141 e. The van der Waals surface area contributed by atoms with Crippen molar-refractivity contribution in [1.82, 2.24) is 5.32 Å². The summed E-state index contributed by atoms with van der Waals surface area (Å²) in [6.45, 7) is 0.620. The Morgan fingerprint density at radius 3 is 2.74 bits per heavy atom. The van der Waals surface area contributed by atoms with Crippen LogP contribution in [0.2, 0.25) is 5.02 Å². The van der Waals surface area contributed by atoms with Crippen molar-refractivity contribution in [3.63, 3.8) is 0 Å². The third kappa shape index (κ3) is 3.69. The summed E-state index contributed by atoms with van der Waals surface area (Å²) in [5, 5.41) is 3.68. The Morgan fingerprint density at radius 1 is 1.26 bits per heavy atom. The summed E-state index contributed by atoms with van der Waals surface area (Å²) in [4.78, 5) is 0. The second-order valence-corrected chi connectivity index (χ2v) is 5.25. The summed E-state index contributed by atoms with van der Waals surface area (Å²) in [5.41, 5.74) is 0.915. The van der Waals surface area contributed by atoms with Crippen LogP contribution in [0.4, 0.5) is 4.39 Å². The molecule has 2 nitrogen and oxygen atoms in total. The first-order chi connectivity index (χ1) is 9.10. The monoisotopic (exact) mass is 343 g/mol. The first-order valence-corrected chi connectivity index (χ1v) is 6.83. The van der Waals surface area contributed by atoms with Gasteiger partial charge in [-0.15, -0.1) is 0 Å². The van der Waals surface area contributed by atoms with E-state index in [9.17, 15) is 4.39 Å². The van der Waals surface area contributed by atoms with Crippen molar-refractivity contribution >= 4 is 27.5 Å². The van der Waals surface area contributed by atoms with E-state index in [2.05, 4.69) is 21.2 Å². The van der Waals surface area contributed by atoms with E-state index in [0.717, 1.165) is 5.56 Å². The minimum absolute atomic E-state index is 0.360. The molecule has 2 aromatic rings. The highest BCUT2D eigenvalue weighted by molar-refractivity contribution is 9.10. The molecule has 0 amide bonds. The number of hydrogen-bond donors (Lipinski definition) is 1. The highest BCUT2D eigenvalue weighted by Gasteiger charge is 2.07. The van der Waals surface area contributed by atoms with Crippen LogP contribution in [0, 0.1) is 5.82 Å². The quantitative estimate of drug-likeness (QED) is 0.864. The van der Waals surface area contributed by atoms with E-state index in [1.54, 1.807) is 24.3 Å². The Labute approximate surface area is 124 Å². The maximum Gasteiger partial charge on any atom is 0.141 e. The van der Waals surface area contributed by atoms with Gasteiger partial charge in [0, 0.05) is 23.2 Å². The molecule has 0 aliphatic rings. The summed E-state index contributed by atoms with van der Waals surface area (Å²) in [7, 11) is 1.84. The molecule has 1 N–H and O–H groups in total.